The van der Waals surface area contributed by atoms with Crippen LogP contribution in [0.3, 0.4) is 0 Å². The lowest BCUT2D eigenvalue weighted by Crippen LogP contribution is -2.16. The van der Waals surface area contributed by atoms with Gasteiger partial charge in [-0.05, 0) is 54.8 Å². The van der Waals surface area contributed by atoms with Gasteiger partial charge in [-0.25, -0.2) is 0 Å². The van der Waals surface area contributed by atoms with Gasteiger partial charge in [0, 0.05) is 19.3 Å². The Morgan fingerprint density at radius 1 is 1.10 bits per heavy atom. The summed E-state index contributed by atoms with van der Waals surface area (Å²) in [7, 11) is 3.64. The Morgan fingerprint density at radius 2 is 1.76 bits per heavy atom. The lowest BCUT2D eigenvalue weighted by atomic mass is 10.1. The Kier molecular flexibility index (Phi) is 4.49. The van der Waals surface area contributed by atoms with E-state index in [-0.39, 0.29) is 0 Å². The number of hydrogen-bond acceptors (Lipinski definition) is 3. The third kappa shape index (κ3) is 3.55. The number of benzene rings is 2. The monoisotopic (exact) mass is 280 g/mol. The van der Waals surface area contributed by atoms with Crippen molar-refractivity contribution < 1.29 is 4.74 Å². The molecule has 0 saturated carbocycles. The summed E-state index contributed by atoms with van der Waals surface area (Å²) in [6.07, 6.45) is 0. The van der Waals surface area contributed by atoms with Crippen molar-refractivity contribution in [1.82, 2.24) is 0 Å². The molecule has 2 aromatic carbocycles. The van der Waals surface area contributed by atoms with E-state index < -0.39 is 0 Å². The molecule has 0 N–H and O–H groups in total. The Morgan fingerprint density at radius 3 is 2.33 bits per heavy atom. The first-order valence-corrected chi connectivity index (χ1v) is 6.90. The lowest BCUT2D eigenvalue weighted by molar-refractivity contribution is 0.413. The number of nitriles is 1. The summed E-state index contributed by atoms with van der Waals surface area (Å²) in [6.45, 7) is 4.96. The first-order chi connectivity index (χ1) is 10.0. The van der Waals surface area contributed by atoms with Crippen LogP contribution in [0.2, 0.25) is 0 Å². The van der Waals surface area contributed by atoms with Gasteiger partial charge in [-0.1, -0.05) is 12.1 Å². The minimum absolute atomic E-state index is 0.573. The van der Waals surface area contributed by atoms with Crippen molar-refractivity contribution in [2.24, 2.45) is 0 Å². The predicted molar refractivity (Wildman–Crippen MR) is 85.7 cm³/mol. The van der Waals surface area contributed by atoms with Gasteiger partial charge in [0.2, 0.25) is 0 Å². The van der Waals surface area contributed by atoms with Crippen molar-refractivity contribution in [3.63, 3.8) is 0 Å². The average molecular weight is 280 g/mol. The number of methoxy groups -OCH3 is 1. The van der Waals surface area contributed by atoms with Gasteiger partial charge in [0.25, 0.3) is 0 Å². The molecule has 0 aliphatic carbocycles. The molecule has 21 heavy (non-hydrogen) atoms. The van der Waals surface area contributed by atoms with Crippen LogP contribution in [0.1, 0.15) is 22.3 Å². The molecule has 0 aliphatic heterocycles. The van der Waals surface area contributed by atoms with E-state index in [1.807, 2.05) is 18.2 Å². The quantitative estimate of drug-likeness (QED) is 0.854. The number of anilines is 1. The van der Waals surface area contributed by atoms with Gasteiger partial charge in [-0.2, -0.15) is 5.26 Å². The van der Waals surface area contributed by atoms with Crippen molar-refractivity contribution in [1.29, 1.82) is 5.26 Å². The van der Waals surface area contributed by atoms with Crippen LogP contribution in [-0.2, 0) is 6.54 Å². The minimum atomic E-state index is 0.573. The molecule has 3 nitrogen and oxygen atoms in total. The highest BCUT2D eigenvalue weighted by Gasteiger charge is 2.07. The Bertz CT molecular complexity index is 666. The molecule has 2 rings (SSSR count). The van der Waals surface area contributed by atoms with Gasteiger partial charge in [-0.15, -0.1) is 0 Å². The second kappa shape index (κ2) is 6.32. The van der Waals surface area contributed by atoms with Crippen LogP contribution < -0.4 is 9.64 Å². The van der Waals surface area contributed by atoms with E-state index in [1.54, 1.807) is 7.11 Å². The van der Waals surface area contributed by atoms with Crippen molar-refractivity contribution >= 4 is 5.69 Å². The van der Waals surface area contributed by atoms with Crippen LogP contribution >= 0.6 is 0 Å². The number of nitrogens with zero attached hydrogens (tertiary/aromatic N) is 2. The lowest BCUT2D eigenvalue weighted by Gasteiger charge is -2.21. The van der Waals surface area contributed by atoms with E-state index in [9.17, 15) is 0 Å². The molecule has 0 aliphatic rings. The summed E-state index contributed by atoms with van der Waals surface area (Å²) in [5.74, 6) is 0.621. The van der Waals surface area contributed by atoms with E-state index in [2.05, 4.69) is 50.1 Å². The van der Waals surface area contributed by atoms with Gasteiger partial charge in [-0.3, -0.25) is 0 Å². The normalized spacial score (nSPS) is 10.0. The zero-order valence-corrected chi connectivity index (χ0v) is 13.0. The average Bonchev–Trinajstić information content (AvgIpc) is 2.46. The fourth-order valence-electron chi connectivity index (χ4n) is 2.48. The molecule has 0 atom stereocenters. The molecule has 0 aromatic heterocycles. The van der Waals surface area contributed by atoms with Crippen LogP contribution in [0.15, 0.2) is 36.4 Å². The molecule has 0 radical (unpaired) electrons. The van der Waals surface area contributed by atoms with E-state index >= 15 is 0 Å². The SMILES string of the molecule is COc1ccc(CN(C)c2cc(C)cc(C)c2)cc1C#N. The van der Waals surface area contributed by atoms with Gasteiger partial charge >= 0.3 is 0 Å². The second-order valence-corrected chi connectivity index (χ2v) is 5.35. The number of rotatable bonds is 4. The van der Waals surface area contributed by atoms with Crippen molar-refractivity contribution in [3.8, 4) is 11.8 Å². The Balaban J connectivity index is 2.23. The summed E-state index contributed by atoms with van der Waals surface area (Å²) >= 11 is 0. The molecule has 0 unspecified atom stereocenters. The largest absolute Gasteiger partial charge is 0.495 e. The fraction of sp³-hybridized carbons (Fsp3) is 0.278. The zero-order chi connectivity index (χ0) is 15.4. The second-order valence-electron chi connectivity index (χ2n) is 5.35. The highest BCUT2D eigenvalue weighted by molar-refractivity contribution is 5.52. The van der Waals surface area contributed by atoms with Crippen LogP contribution in [0.25, 0.3) is 0 Å². The summed E-state index contributed by atoms with van der Waals surface area (Å²) in [5.41, 5.74) is 5.35. The minimum Gasteiger partial charge on any atom is -0.495 e. The third-order valence-electron chi connectivity index (χ3n) is 3.45. The molecule has 0 fully saturated rings. The standard InChI is InChI=1S/C18H20N2O/c1-13-7-14(2)9-17(8-13)20(3)12-15-5-6-18(21-4)16(10-15)11-19/h5-10H,12H2,1-4H3. The van der Waals surface area contributed by atoms with Gasteiger partial charge in [0.1, 0.15) is 11.8 Å². The van der Waals surface area contributed by atoms with Crippen LogP contribution in [0.5, 0.6) is 5.75 Å². The predicted octanol–water partition coefficient (Wildman–Crippen LogP) is 3.82. The maximum atomic E-state index is 9.15. The number of aryl methyl sites for hydroxylation is 2. The molecular formula is C18H20N2O. The summed E-state index contributed by atoms with van der Waals surface area (Å²) in [5, 5.41) is 9.15. The van der Waals surface area contributed by atoms with Crippen LogP contribution in [0.4, 0.5) is 5.69 Å². The fourth-order valence-corrected chi connectivity index (χ4v) is 2.48. The molecule has 0 heterocycles. The van der Waals surface area contributed by atoms with E-state index in [4.69, 9.17) is 10.00 Å². The molecule has 108 valence electrons. The van der Waals surface area contributed by atoms with Crippen molar-refractivity contribution in [2.45, 2.75) is 20.4 Å². The molecule has 0 spiro atoms. The van der Waals surface area contributed by atoms with E-state index in [1.165, 1.54) is 16.8 Å². The van der Waals surface area contributed by atoms with Gasteiger partial charge in [0.15, 0.2) is 0 Å². The van der Waals surface area contributed by atoms with Crippen molar-refractivity contribution in [2.75, 3.05) is 19.1 Å². The third-order valence-corrected chi connectivity index (χ3v) is 3.45. The summed E-state index contributed by atoms with van der Waals surface area (Å²) in [4.78, 5) is 2.18. The first-order valence-electron chi connectivity index (χ1n) is 6.90. The molecule has 0 amide bonds. The number of ether oxygens (including phenoxy) is 1. The number of hydrogen-bond donors (Lipinski definition) is 0. The zero-order valence-electron chi connectivity index (χ0n) is 13.0. The van der Waals surface area contributed by atoms with E-state index in [0.717, 1.165) is 12.1 Å². The molecule has 0 saturated heterocycles. The van der Waals surface area contributed by atoms with Crippen molar-refractivity contribution in [3.05, 3.63) is 58.7 Å². The van der Waals surface area contributed by atoms with Gasteiger partial charge in [0.05, 0.1) is 12.7 Å². The van der Waals surface area contributed by atoms with Crippen LogP contribution in [0, 0.1) is 25.2 Å². The molecule has 3 heteroatoms. The topological polar surface area (TPSA) is 36.3 Å². The maximum absolute atomic E-state index is 9.15. The van der Waals surface area contributed by atoms with Crippen LogP contribution in [-0.4, -0.2) is 14.2 Å². The maximum Gasteiger partial charge on any atom is 0.136 e. The highest BCUT2D eigenvalue weighted by atomic mass is 16.5. The molecule has 0 bridgehead atoms. The molecular weight excluding hydrogens is 260 g/mol. The summed E-state index contributed by atoms with van der Waals surface area (Å²) < 4.78 is 5.18. The molecule has 2 aromatic rings. The summed E-state index contributed by atoms with van der Waals surface area (Å²) in [6, 6.07) is 14.4. The highest BCUT2D eigenvalue weighted by Crippen LogP contribution is 2.22. The Hall–Kier alpha value is -2.47. The first kappa shape index (κ1) is 14.9. The smallest absolute Gasteiger partial charge is 0.136 e. The Labute approximate surface area is 126 Å². The van der Waals surface area contributed by atoms with E-state index in [0.29, 0.717) is 11.3 Å². The van der Waals surface area contributed by atoms with Gasteiger partial charge < -0.3 is 9.64 Å².